The highest BCUT2D eigenvalue weighted by molar-refractivity contribution is 6.31. The molecule has 3 aromatic rings. The molecule has 122 valence electrons. The third-order valence-corrected chi connectivity index (χ3v) is 3.62. The Labute approximate surface area is 143 Å². The van der Waals surface area contributed by atoms with Crippen LogP contribution < -0.4 is 10.6 Å². The number of rotatable bonds is 5. The van der Waals surface area contributed by atoms with Crippen LogP contribution in [-0.2, 0) is 6.54 Å². The summed E-state index contributed by atoms with van der Waals surface area (Å²) in [7, 11) is 0. The molecule has 0 aliphatic carbocycles. The Kier molecular flexibility index (Phi) is 4.86. The van der Waals surface area contributed by atoms with Gasteiger partial charge in [0, 0.05) is 12.2 Å². The van der Waals surface area contributed by atoms with Gasteiger partial charge in [0.25, 0.3) is 0 Å². The largest absolute Gasteiger partial charge is 0.365 e. The van der Waals surface area contributed by atoms with E-state index >= 15 is 0 Å². The van der Waals surface area contributed by atoms with Gasteiger partial charge in [-0.05, 0) is 30.7 Å². The molecule has 3 rings (SSSR count). The van der Waals surface area contributed by atoms with Crippen LogP contribution in [0, 0.1) is 12.7 Å². The molecule has 0 saturated carbocycles. The molecule has 5 nitrogen and oxygen atoms in total. The molecular formula is C17H15ClFN5. The summed E-state index contributed by atoms with van der Waals surface area (Å²) >= 11 is 5.76. The van der Waals surface area contributed by atoms with Crippen LogP contribution >= 0.6 is 11.6 Å². The first-order valence-corrected chi connectivity index (χ1v) is 7.69. The van der Waals surface area contributed by atoms with E-state index in [-0.39, 0.29) is 5.02 Å². The van der Waals surface area contributed by atoms with Crippen LogP contribution in [0.25, 0.3) is 0 Å². The lowest BCUT2D eigenvalue weighted by Crippen LogP contribution is -2.05. The first-order valence-electron chi connectivity index (χ1n) is 7.31. The summed E-state index contributed by atoms with van der Waals surface area (Å²) in [6, 6.07) is 12.5. The second kappa shape index (κ2) is 7.23. The van der Waals surface area contributed by atoms with Crippen LogP contribution in [-0.4, -0.2) is 15.2 Å². The quantitative estimate of drug-likeness (QED) is 0.722. The van der Waals surface area contributed by atoms with Crippen molar-refractivity contribution >= 4 is 29.1 Å². The second-order valence-electron chi connectivity index (χ2n) is 5.26. The van der Waals surface area contributed by atoms with Gasteiger partial charge in [-0.1, -0.05) is 41.4 Å². The van der Waals surface area contributed by atoms with Gasteiger partial charge in [0.1, 0.15) is 5.82 Å². The number of nitrogens with zero attached hydrogens (tertiary/aromatic N) is 3. The van der Waals surface area contributed by atoms with Crippen molar-refractivity contribution in [3.63, 3.8) is 0 Å². The van der Waals surface area contributed by atoms with Crippen molar-refractivity contribution in [2.24, 2.45) is 0 Å². The zero-order valence-corrected chi connectivity index (χ0v) is 13.7. The topological polar surface area (TPSA) is 62.7 Å². The number of benzene rings is 2. The molecule has 0 bridgehead atoms. The highest BCUT2D eigenvalue weighted by Gasteiger charge is 2.04. The molecule has 0 amide bonds. The van der Waals surface area contributed by atoms with Gasteiger partial charge in [-0.25, -0.2) is 4.39 Å². The van der Waals surface area contributed by atoms with Crippen molar-refractivity contribution in [2.45, 2.75) is 13.5 Å². The molecule has 0 spiro atoms. The van der Waals surface area contributed by atoms with Gasteiger partial charge in [0.2, 0.25) is 5.95 Å². The number of aromatic nitrogens is 3. The van der Waals surface area contributed by atoms with E-state index in [4.69, 9.17) is 11.6 Å². The fraction of sp³-hybridized carbons (Fsp3) is 0.118. The summed E-state index contributed by atoms with van der Waals surface area (Å²) in [6.07, 6.45) is 1.54. The lowest BCUT2D eigenvalue weighted by molar-refractivity contribution is 0.628. The van der Waals surface area contributed by atoms with Crippen molar-refractivity contribution in [3.8, 4) is 0 Å². The minimum atomic E-state index is -0.477. The van der Waals surface area contributed by atoms with E-state index < -0.39 is 5.82 Å². The van der Waals surface area contributed by atoms with Gasteiger partial charge in [-0.3, -0.25) is 0 Å². The zero-order chi connectivity index (χ0) is 16.9. The summed E-state index contributed by atoms with van der Waals surface area (Å²) in [5.74, 6) is 0.405. The monoisotopic (exact) mass is 343 g/mol. The predicted molar refractivity (Wildman–Crippen MR) is 93.0 cm³/mol. The molecule has 0 radical (unpaired) electrons. The maximum absolute atomic E-state index is 13.2. The molecule has 24 heavy (non-hydrogen) atoms. The molecule has 2 aromatic carbocycles. The Bertz CT molecular complexity index is 839. The number of hydrogen-bond donors (Lipinski definition) is 2. The van der Waals surface area contributed by atoms with Crippen LogP contribution in [0.1, 0.15) is 11.1 Å². The second-order valence-corrected chi connectivity index (χ2v) is 5.67. The summed E-state index contributed by atoms with van der Waals surface area (Å²) in [5.41, 5.74) is 2.94. The van der Waals surface area contributed by atoms with E-state index in [1.165, 1.54) is 23.9 Å². The molecule has 7 heteroatoms. The molecule has 0 aliphatic heterocycles. The average Bonchev–Trinajstić information content (AvgIpc) is 2.58. The first kappa shape index (κ1) is 16.1. The molecule has 0 aliphatic rings. The summed E-state index contributed by atoms with van der Waals surface area (Å²) < 4.78 is 13.2. The van der Waals surface area contributed by atoms with Crippen LogP contribution in [0.2, 0.25) is 5.02 Å². The molecular weight excluding hydrogens is 329 g/mol. The average molecular weight is 344 g/mol. The first-order chi connectivity index (χ1) is 11.6. The fourth-order valence-corrected chi connectivity index (χ4v) is 2.22. The Morgan fingerprint density at radius 1 is 1.12 bits per heavy atom. The lowest BCUT2D eigenvalue weighted by Gasteiger charge is -2.08. The standard InChI is InChI=1S/C17H15ClFN5/c1-11-2-4-12(5-3-11)9-20-16-10-21-24-17(23-16)22-13-6-7-15(19)14(18)8-13/h2-8,10H,9H2,1H3,(H2,20,22,23,24). The van der Waals surface area contributed by atoms with Crippen LogP contribution in [0.15, 0.2) is 48.7 Å². The fourth-order valence-electron chi connectivity index (χ4n) is 2.04. The maximum atomic E-state index is 13.2. The molecule has 2 N–H and O–H groups in total. The Morgan fingerprint density at radius 2 is 1.92 bits per heavy atom. The van der Waals surface area contributed by atoms with Crippen LogP contribution in [0.3, 0.4) is 0 Å². The number of hydrogen-bond acceptors (Lipinski definition) is 5. The number of anilines is 3. The Hall–Kier alpha value is -2.73. The van der Waals surface area contributed by atoms with Crippen molar-refractivity contribution in [2.75, 3.05) is 10.6 Å². The van der Waals surface area contributed by atoms with Gasteiger partial charge < -0.3 is 10.6 Å². The van der Waals surface area contributed by atoms with E-state index in [9.17, 15) is 4.39 Å². The van der Waals surface area contributed by atoms with Gasteiger partial charge in [-0.2, -0.15) is 10.1 Å². The van der Waals surface area contributed by atoms with Gasteiger partial charge in [0.05, 0.1) is 11.2 Å². The third-order valence-electron chi connectivity index (χ3n) is 3.33. The highest BCUT2D eigenvalue weighted by Crippen LogP contribution is 2.21. The minimum Gasteiger partial charge on any atom is -0.365 e. The predicted octanol–water partition coefficient (Wildman–Crippen LogP) is 4.33. The summed E-state index contributed by atoms with van der Waals surface area (Å²) in [4.78, 5) is 4.32. The maximum Gasteiger partial charge on any atom is 0.249 e. The Balaban J connectivity index is 1.67. The normalized spacial score (nSPS) is 10.5. The van der Waals surface area contributed by atoms with Crippen LogP contribution in [0.4, 0.5) is 21.8 Å². The third kappa shape index (κ3) is 4.17. The number of aryl methyl sites for hydroxylation is 1. The SMILES string of the molecule is Cc1ccc(CNc2cnnc(Nc3ccc(F)c(Cl)c3)n2)cc1. The van der Waals surface area contributed by atoms with E-state index in [1.54, 1.807) is 6.07 Å². The Morgan fingerprint density at radius 3 is 2.67 bits per heavy atom. The van der Waals surface area contributed by atoms with Crippen molar-refractivity contribution in [3.05, 3.63) is 70.6 Å². The molecule has 0 fully saturated rings. The van der Waals surface area contributed by atoms with E-state index in [0.29, 0.717) is 24.0 Å². The summed E-state index contributed by atoms with van der Waals surface area (Å²) in [5, 5.41) is 14.0. The van der Waals surface area contributed by atoms with E-state index in [0.717, 1.165) is 5.56 Å². The molecule has 0 atom stereocenters. The van der Waals surface area contributed by atoms with Crippen molar-refractivity contribution in [1.82, 2.24) is 15.2 Å². The number of halogens is 2. The van der Waals surface area contributed by atoms with Crippen molar-refractivity contribution in [1.29, 1.82) is 0 Å². The van der Waals surface area contributed by atoms with Gasteiger partial charge in [0.15, 0.2) is 5.82 Å². The number of nitrogens with one attached hydrogen (secondary N) is 2. The lowest BCUT2D eigenvalue weighted by atomic mass is 10.1. The van der Waals surface area contributed by atoms with Gasteiger partial charge in [-0.15, -0.1) is 5.10 Å². The highest BCUT2D eigenvalue weighted by atomic mass is 35.5. The molecule has 0 saturated heterocycles. The molecule has 1 heterocycles. The zero-order valence-electron chi connectivity index (χ0n) is 12.9. The van der Waals surface area contributed by atoms with Crippen molar-refractivity contribution < 1.29 is 4.39 Å². The molecule has 1 aromatic heterocycles. The van der Waals surface area contributed by atoms with Crippen LogP contribution in [0.5, 0.6) is 0 Å². The molecule has 0 unspecified atom stereocenters. The van der Waals surface area contributed by atoms with E-state index in [1.807, 2.05) is 6.92 Å². The minimum absolute atomic E-state index is 0.0293. The van der Waals surface area contributed by atoms with E-state index in [2.05, 4.69) is 50.1 Å². The summed E-state index contributed by atoms with van der Waals surface area (Å²) in [6.45, 7) is 2.67. The van der Waals surface area contributed by atoms with Gasteiger partial charge >= 0.3 is 0 Å². The smallest absolute Gasteiger partial charge is 0.249 e.